The van der Waals surface area contributed by atoms with Crippen LogP contribution in [-0.4, -0.2) is 0 Å². The minimum atomic E-state index is 0.722. The average Bonchev–Trinajstić information content (AvgIpc) is 2.39. The first-order chi connectivity index (χ1) is 7.95. The molecule has 16 heavy (non-hydrogen) atoms. The summed E-state index contributed by atoms with van der Waals surface area (Å²) < 4.78 is 0. The van der Waals surface area contributed by atoms with Gasteiger partial charge in [0, 0.05) is 11.1 Å². The lowest BCUT2D eigenvalue weighted by Gasteiger charge is -2.15. The number of hydrogen-bond acceptors (Lipinski definition) is 2. The standard InChI is InChI=1S/C14H9O2/c1-2-6-11(7-3-1)13-10-15-16-14-9-5-4-8-12(13)14/h1-9H. The average molecular weight is 209 g/mol. The maximum Gasteiger partial charge on any atom is 0.234 e. The van der Waals surface area contributed by atoms with Crippen LogP contribution in [0.15, 0.2) is 54.6 Å². The maximum absolute atomic E-state index is 5.04. The molecule has 0 N–H and O–H groups in total. The van der Waals surface area contributed by atoms with Crippen molar-refractivity contribution in [3.8, 4) is 5.75 Å². The normalized spacial score (nSPS) is 13.1. The van der Waals surface area contributed by atoms with E-state index in [1.807, 2.05) is 54.6 Å². The van der Waals surface area contributed by atoms with Gasteiger partial charge in [0.2, 0.25) is 6.26 Å². The second-order valence-corrected chi connectivity index (χ2v) is 3.51. The van der Waals surface area contributed by atoms with Crippen LogP contribution < -0.4 is 4.89 Å². The fourth-order valence-electron chi connectivity index (χ4n) is 1.73. The zero-order valence-electron chi connectivity index (χ0n) is 8.51. The SMILES string of the molecule is [C]1=C(c2ccccc2)c2ccccc2OO1. The first-order valence-corrected chi connectivity index (χ1v) is 5.06. The summed E-state index contributed by atoms with van der Waals surface area (Å²) in [6.07, 6.45) is 2.79. The predicted molar refractivity (Wildman–Crippen MR) is 60.3 cm³/mol. The van der Waals surface area contributed by atoms with Crippen molar-refractivity contribution in [2.45, 2.75) is 0 Å². The molecule has 0 spiro atoms. The Bertz CT molecular complexity index is 529. The molecule has 2 nitrogen and oxygen atoms in total. The molecule has 1 aliphatic rings. The van der Waals surface area contributed by atoms with Crippen LogP contribution in [0.3, 0.4) is 0 Å². The van der Waals surface area contributed by atoms with Crippen molar-refractivity contribution < 1.29 is 9.78 Å². The van der Waals surface area contributed by atoms with Gasteiger partial charge < -0.3 is 0 Å². The van der Waals surface area contributed by atoms with Crippen LogP contribution in [0.25, 0.3) is 5.57 Å². The van der Waals surface area contributed by atoms with Gasteiger partial charge in [0.05, 0.1) is 0 Å². The molecule has 2 heteroatoms. The highest BCUT2D eigenvalue weighted by Crippen LogP contribution is 2.33. The van der Waals surface area contributed by atoms with Crippen LogP contribution in [0.2, 0.25) is 0 Å². The van der Waals surface area contributed by atoms with E-state index in [0.29, 0.717) is 0 Å². The summed E-state index contributed by atoms with van der Waals surface area (Å²) in [5.41, 5.74) is 2.99. The predicted octanol–water partition coefficient (Wildman–Crippen LogP) is 3.20. The highest BCUT2D eigenvalue weighted by molar-refractivity contribution is 5.81. The summed E-state index contributed by atoms with van der Waals surface area (Å²) in [4.78, 5) is 9.92. The Hall–Kier alpha value is -2.22. The molecule has 3 rings (SSSR count). The van der Waals surface area contributed by atoms with E-state index >= 15 is 0 Å². The molecular formula is C14H9O2. The molecule has 2 aromatic rings. The lowest BCUT2D eigenvalue weighted by Crippen LogP contribution is -2.03. The smallest absolute Gasteiger partial charge is 0.234 e. The second kappa shape index (κ2) is 3.74. The van der Waals surface area contributed by atoms with Gasteiger partial charge in [-0.2, -0.15) is 0 Å². The second-order valence-electron chi connectivity index (χ2n) is 3.51. The van der Waals surface area contributed by atoms with Crippen molar-refractivity contribution in [1.82, 2.24) is 0 Å². The van der Waals surface area contributed by atoms with Gasteiger partial charge in [-0.05, 0) is 11.6 Å². The van der Waals surface area contributed by atoms with Crippen molar-refractivity contribution in [3.63, 3.8) is 0 Å². The van der Waals surface area contributed by atoms with Gasteiger partial charge in [0.25, 0.3) is 0 Å². The molecule has 0 aliphatic carbocycles. The summed E-state index contributed by atoms with van der Waals surface area (Å²) in [5, 5.41) is 0. The minimum absolute atomic E-state index is 0.722. The molecule has 0 fully saturated rings. The van der Waals surface area contributed by atoms with E-state index in [-0.39, 0.29) is 0 Å². The lowest BCUT2D eigenvalue weighted by molar-refractivity contribution is -0.163. The first-order valence-electron chi connectivity index (χ1n) is 5.06. The van der Waals surface area contributed by atoms with E-state index in [2.05, 4.69) is 6.26 Å². The molecular weight excluding hydrogens is 200 g/mol. The molecule has 0 bridgehead atoms. The Labute approximate surface area is 93.7 Å². The molecule has 1 heterocycles. The highest BCUT2D eigenvalue weighted by atomic mass is 17.2. The van der Waals surface area contributed by atoms with Crippen LogP contribution in [0.1, 0.15) is 11.1 Å². The summed E-state index contributed by atoms with van der Waals surface area (Å²) in [7, 11) is 0. The number of fused-ring (bicyclic) bond motifs is 1. The van der Waals surface area contributed by atoms with Crippen molar-refractivity contribution in [3.05, 3.63) is 72.0 Å². The van der Waals surface area contributed by atoms with Crippen LogP contribution in [0.5, 0.6) is 5.75 Å². The largest absolute Gasteiger partial charge is 0.289 e. The summed E-state index contributed by atoms with van der Waals surface area (Å²) >= 11 is 0. The van der Waals surface area contributed by atoms with Crippen LogP contribution in [0.4, 0.5) is 0 Å². The van der Waals surface area contributed by atoms with Gasteiger partial charge in [0.15, 0.2) is 5.75 Å². The Kier molecular flexibility index (Phi) is 2.11. The third kappa shape index (κ3) is 1.44. The molecule has 1 aliphatic heterocycles. The first kappa shape index (κ1) is 9.04. The molecule has 2 aromatic carbocycles. The van der Waals surface area contributed by atoms with Crippen LogP contribution in [0, 0.1) is 6.26 Å². The Morgan fingerprint density at radius 1 is 0.812 bits per heavy atom. The third-order valence-electron chi connectivity index (χ3n) is 2.49. The zero-order chi connectivity index (χ0) is 10.8. The number of para-hydroxylation sites is 1. The summed E-state index contributed by atoms with van der Waals surface area (Å²) in [6.45, 7) is 0. The maximum atomic E-state index is 5.04. The molecule has 0 saturated heterocycles. The quantitative estimate of drug-likeness (QED) is 0.671. The van der Waals surface area contributed by atoms with Crippen molar-refractivity contribution in [2.24, 2.45) is 0 Å². The minimum Gasteiger partial charge on any atom is -0.289 e. The van der Waals surface area contributed by atoms with E-state index in [9.17, 15) is 0 Å². The molecule has 0 aromatic heterocycles. The fraction of sp³-hybridized carbons (Fsp3) is 0. The number of benzene rings is 2. The van der Waals surface area contributed by atoms with E-state index in [4.69, 9.17) is 9.78 Å². The molecule has 77 valence electrons. The lowest BCUT2D eigenvalue weighted by atomic mass is 9.98. The summed E-state index contributed by atoms with van der Waals surface area (Å²) in [6, 6.07) is 17.8. The van der Waals surface area contributed by atoms with Crippen molar-refractivity contribution in [1.29, 1.82) is 0 Å². The molecule has 0 amide bonds. The Morgan fingerprint density at radius 3 is 2.44 bits per heavy atom. The number of hydrogen-bond donors (Lipinski definition) is 0. The van der Waals surface area contributed by atoms with Gasteiger partial charge in [-0.25, -0.2) is 0 Å². The van der Waals surface area contributed by atoms with E-state index < -0.39 is 0 Å². The van der Waals surface area contributed by atoms with E-state index in [1.54, 1.807) is 0 Å². The molecule has 0 saturated carbocycles. The van der Waals surface area contributed by atoms with Crippen LogP contribution in [-0.2, 0) is 4.89 Å². The van der Waals surface area contributed by atoms with E-state index in [1.165, 1.54) is 0 Å². The molecule has 0 unspecified atom stereocenters. The van der Waals surface area contributed by atoms with Crippen LogP contribution >= 0.6 is 0 Å². The third-order valence-corrected chi connectivity index (χ3v) is 2.49. The van der Waals surface area contributed by atoms with Crippen molar-refractivity contribution >= 4 is 5.57 Å². The van der Waals surface area contributed by atoms with Gasteiger partial charge in [0.1, 0.15) is 0 Å². The fourth-order valence-corrected chi connectivity index (χ4v) is 1.73. The zero-order valence-corrected chi connectivity index (χ0v) is 8.51. The monoisotopic (exact) mass is 209 g/mol. The van der Waals surface area contributed by atoms with Gasteiger partial charge in [-0.15, -0.1) is 0 Å². The highest BCUT2D eigenvalue weighted by Gasteiger charge is 2.16. The number of rotatable bonds is 1. The van der Waals surface area contributed by atoms with Crippen molar-refractivity contribution in [2.75, 3.05) is 0 Å². The van der Waals surface area contributed by atoms with E-state index in [0.717, 1.165) is 22.4 Å². The Balaban J connectivity index is 2.13. The topological polar surface area (TPSA) is 18.5 Å². The van der Waals surface area contributed by atoms with Gasteiger partial charge in [-0.1, -0.05) is 48.5 Å². The molecule has 1 radical (unpaired) electrons. The molecule has 0 atom stereocenters. The summed E-state index contributed by atoms with van der Waals surface area (Å²) in [5.74, 6) is 0.722. The van der Waals surface area contributed by atoms with Gasteiger partial charge in [-0.3, -0.25) is 9.78 Å². The van der Waals surface area contributed by atoms with Gasteiger partial charge >= 0.3 is 0 Å². The Morgan fingerprint density at radius 2 is 1.56 bits per heavy atom.